The van der Waals surface area contributed by atoms with Gasteiger partial charge in [-0.2, -0.15) is 30.3 Å². The van der Waals surface area contributed by atoms with Gasteiger partial charge >= 0.3 is 26.2 Å². The van der Waals surface area contributed by atoms with Gasteiger partial charge in [-0.3, -0.25) is 0 Å². The van der Waals surface area contributed by atoms with Crippen LogP contribution in [0.15, 0.2) is 54.6 Å². The van der Waals surface area contributed by atoms with E-state index in [4.69, 9.17) is 4.12 Å². The molecule has 0 bridgehead atoms. The fourth-order valence-electron chi connectivity index (χ4n) is 1.27. The van der Waals surface area contributed by atoms with E-state index in [0.717, 1.165) is 5.54 Å². The van der Waals surface area contributed by atoms with Gasteiger partial charge in [0.2, 0.25) is 0 Å². The Labute approximate surface area is 164 Å². The molecule has 0 saturated heterocycles. The quantitative estimate of drug-likeness (QED) is 0.369. The maximum atomic E-state index is 6.11. The summed E-state index contributed by atoms with van der Waals surface area (Å²) in [7, 11) is -1.83. The molecule has 0 aliphatic carbocycles. The van der Waals surface area contributed by atoms with Gasteiger partial charge in [-0.25, -0.2) is 24.3 Å². The molecule has 0 atom stereocenters. The minimum atomic E-state index is -1.38. The molecule has 0 spiro atoms. The maximum Gasteiger partial charge on any atom is 4.00 e. The largest absolute Gasteiger partial charge is 4.00 e. The van der Waals surface area contributed by atoms with E-state index in [0.29, 0.717) is 0 Å². The monoisotopic (exact) mass is 436 g/mol. The van der Waals surface area contributed by atoms with Crippen molar-refractivity contribution in [2.24, 2.45) is 0 Å². The van der Waals surface area contributed by atoms with E-state index in [-0.39, 0.29) is 51.0 Å². The third-order valence-corrected chi connectivity index (χ3v) is 10.4. The van der Waals surface area contributed by atoms with Gasteiger partial charge in [0.05, 0.1) is 0 Å². The van der Waals surface area contributed by atoms with Crippen molar-refractivity contribution in [3.63, 3.8) is 0 Å². The van der Waals surface area contributed by atoms with E-state index in [2.05, 4.69) is 51.2 Å². The minimum absolute atomic E-state index is 0. The summed E-state index contributed by atoms with van der Waals surface area (Å²) < 4.78 is 6.11. The predicted octanol–water partition coefficient (Wildman–Crippen LogP) is -2.84. The first-order chi connectivity index (χ1) is 8.52. The molecule has 116 valence electrons. The van der Waals surface area contributed by atoms with Crippen LogP contribution < -0.4 is 30.0 Å². The molecule has 0 heterocycles. The molecule has 1 nitrogen and oxygen atoms in total. The molecule has 2 aromatic carbocycles. The summed E-state index contributed by atoms with van der Waals surface area (Å²) in [6.07, 6.45) is 0. The molecule has 0 radical (unpaired) electrons. The van der Waals surface area contributed by atoms with Crippen LogP contribution in [0.2, 0.25) is 18.6 Å². The van der Waals surface area contributed by atoms with Crippen molar-refractivity contribution in [2.45, 2.75) is 32.5 Å². The Morgan fingerprint density at radius 1 is 1.00 bits per heavy atom. The van der Waals surface area contributed by atoms with E-state index in [1.54, 1.807) is 0 Å². The topological polar surface area (TPSA) is 9.23 Å². The van der Waals surface area contributed by atoms with Gasteiger partial charge in [-0.1, -0.05) is 13.8 Å². The van der Waals surface area contributed by atoms with Crippen LogP contribution in [0.4, 0.5) is 0 Å². The third kappa shape index (κ3) is 11.7. The number of hydrogen-bond acceptors (Lipinski definition) is 1. The molecule has 2 rings (SSSR count). The molecule has 0 aromatic heterocycles. The van der Waals surface area contributed by atoms with Crippen LogP contribution in [0.25, 0.3) is 0 Å². The number of rotatable bonds is 4. The van der Waals surface area contributed by atoms with Gasteiger partial charge in [0, 0.05) is 0 Å². The van der Waals surface area contributed by atoms with Crippen molar-refractivity contribution in [1.82, 2.24) is 0 Å². The van der Waals surface area contributed by atoms with Crippen LogP contribution in [0.5, 0.6) is 0 Å². The first kappa shape index (κ1) is 26.5. The Bertz CT molecular complexity index is 386. The van der Waals surface area contributed by atoms with Crippen molar-refractivity contribution >= 4 is 23.3 Å². The van der Waals surface area contributed by atoms with E-state index < -0.39 is 18.1 Å². The van der Waals surface area contributed by atoms with Gasteiger partial charge in [-0.15, -0.1) is 5.19 Å². The number of hydrogen-bond donors (Lipinski definition) is 0. The molecule has 0 aliphatic rings. The smallest absolute Gasteiger partial charge is 1.00 e. The van der Waals surface area contributed by atoms with E-state index in [9.17, 15) is 0 Å². The Balaban J connectivity index is -0.000000349. The summed E-state index contributed by atoms with van der Waals surface area (Å²) in [5.74, 6) is 0. The van der Waals surface area contributed by atoms with Gasteiger partial charge in [0.25, 0.3) is 0 Å². The summed E-state index contributed by atoms with van der Waals surface area (Å²) in [4.78, 5) is 0. The Morgan fingerprint density at radius 2 is 1.48 bits per heavy atom. The summed E-state index contributed by atoms with van der Waals surface area (Å²) in [6.45, 7) is 9.17. The van der Waals surface area contributed by atoms with Crippen molar-refractivity contribution in [1.29, 1.82) is 0 Å². The summed E-state index contributed by atoms with van der Waals surface area (Å²) in [5, 5.41) is 1.43. The van der Waals surface area contributed by atoms with Gasteiger partial charge in [-0.05, 0) is 18.6 Å². The molecule has 0 amide bonds. The molecule has 0 fully saturated rings. The minimum Gasteiger partial charge on any atom is -1.00 e. The van der Waals surface area contributed by atoms with E-state index in [1.165, 1.54) is 5.19 Å². The molecular formula is C15H24Cl2OSi2Zr. The summed E-state index contributed by atoms with van der Waals surface area (Å²) in [6, 6.07) is 18.5. The van der Waals surface area contributed by atoms with Gasteiger partial charge in [0.15, 0.2) is 8.32 Å². The normalized spacial score (nSPS) is 10.1. The van der Waals surface area contributed by atoms with Crippen LogP contribution in [0.3, 0.4) is 0 Å². The average molecular weight is 439 g/mol. The Morgan fingerprint density at radius 3 is 1.81 bits per heavy atom. The second-order valence-corrected chi connectivity index (χ2v) is 11.9. The first-order valence-corrected chi connectivity index (χ1v) is 10.8. The first-order valence-electron chi connectivity index (χ1n) is 6.53. The van der Waals surface area contributed by atoms with Gasteiger partial charge < -0.3 is 28.9 Å². The van der Waals surface area contributed by atoms with Crippen molar-refractivity contribution in [2.75, 3.05) is 0 Å². The molecule has 21 heavy (non-hydrogen) atoms. The second-order valence-electron chi connectivity index (χ2n) is 5.30. The Kier molecular flexibility index (Phi) is 17.8. The molecule has 0 aliphatic heterocycles. The molecule has 0 saturated carbocycles. The zero-order chi connectivity index (χ0) is 13.4. The second kappa shape index (κ2) is 14.2. The third-order valence-electron chi connectivity index (χ3n) is 3.29. The van der Waals surface area contributed by atoms with Crippen LogP contribution in [0, 0.1) is 0 Å². The zero-order valence-electron chi connectivity index (χ0n) is 13.1. The van der Waals surface area contributed by atoms with Gasteiger partial charge in [0.1, 0.15) is 9.76 Å². The van der Waals surface area contributed by atoms with Crippen molar-refractivity contribution in [3.8, 4) is 0 Å². The SMILES string of the molecule is CC(C)[Si](C)(C)O[SiH2][c-]1cccc1.[Cl-].[Cl-].[Zr+4].c1cc[cH-]c1. The van der Waals surface area contributed by atoms with E-state index >= 15 is 0 Å². The van der Waals surface area contributed by atoms with Crippen LogP contribution >= 0.6 is 0 Å². The van der Waals surface area contributed by atoms with Crippen LogP contribution in [-0.2, 0) is 30.3 Å². The molecule has 0 unspecified atom stereocenters. The zero-order valence-corrected chi connectivity index (χ0v) is 19.5. The standard InChI is InChI=1S/C10H19OSi2.C5H5.2ClH.Zr/c1-9(2)13(3,4)11-12-10-7-5-6-8-10;1-2-4-5-3-1;;;/h5-9H,12H2,1-4H3;1-5H;2*1H;/q2*-1;;;+4/p-2. The van der Waals surface area contributed by atoms with E-state index in [1.807, 2.05) is 30.3 Å². The Hall–Kier alpha value is 0.557. The fraction of sp³-hybridized carbons (Fsp3) is 0.333. The molecule has 0 N–H and O–H groups in total. The van der Waals surface area contributed by atoms with Crippen LogP contribution in [0.1, 0.15) is 13.8 Å². The summed E-state index contributed by atoms with van der Waals surface area (Å²) >= 11 is 0. The fourth-order valence-corrected chi connectivity index (χ4v) is 5.22. The van der Waals surface area contributed by atoms with Crippen LogP contribution in [-0.4, -0.2) is 18.1 Å². The average Bonchev–Trinajstić information content (AvgIpc) is 3.02. The maximum absolute atomic E-state index is 6.11. The molecule has 6 heteroatoms. The molecule has 2 aromatic rings. The van der Waals surface area contributed by atoms with Crippen molar-refractivity contribution < 1.29 is 55.1 Å². The van der Waals surface area contributed by atoms with Crippen molar-refractivity contribution in [3.05, 3.63) is 54.6 Å². The number of halogens is 2. The predicted molar refractivity (Wildman–Crippen MR) is 85.9 cm³/mol. The summed E-state index contributed by atoms with van der Waals surface area (Å²) in [5.41, 5.74) is 0.718. The molecular weight excluding hydrogens is 414 g/mol.